The van der Waals surface area contributed by atoms with E-state index in [1.807, 2.05) is 0 Å². The van der Waals surface area contributed by atoms with Gasteiger partial charge in [0, 0.05) is 19.5 Å². The van der Waals surface area contributed by atoms with E-state index in [2.05, 4.69) is 42.7 Å². The molecule has 0 unspecified atom stereocenters. The molecule has 0 aromatic carbocycles. The van der Waals surface area contributed by atoms with E-state index in [-0.39, 0.29) is 18.2 Å². The van der Waals surface area contributed by atoms with Gasteiger partial charge in [0.25, 0.3) is 0 Å². The lowest BCUT2D eigenvalue weighted by atomic mass is 10.2. The molecule has 1 aliphatic rings. The van der Waals surface area contributed by atoms with Crippen LogP contribution in [0.5, 0.6) is 0 Å². The number of aryl methyl sites for hydroxylation is 1. The summed E-state index contributed by atoms with van der Waals surface area (Å²) in [7, 11) is 0. The Morgan fingerprint density at radius 3 is 2.61 bits per heavy atom. The summed E-state index contributed by atoms with van der Waals surface area (Å²) in [5, 5.41) is 4.02. The molecular formula is C13H23N3O2. The summed E-state index contributed by atoms with van der Waals surface area (Å²) in [5.74, 6) is 1.54. The van der Waals surface area contributed by atoms with E-state index >= 15 is 0 Å². The van der Waals surface area contributed by atoms with Crippen LogP contribution in [0.15, 0.2) is 4.52 Å². The first-order chi connectivity index (χ1) is 8.60. The van der Waals surface area contributed by atoms with Crippen molar-refractivity contribution in [2.24, 2.45) is 0 Å². The Labute approximate surface area is 108 Å². The molecule has 1 aromatic rings. The summed E-state index contributed by atoms with van der Waals surface area (Å²) in [6.45, 7) is 10.3. The number of morpholine rings is 1. The van der Waals surface area contributed by atoms with Gasteiger partial charge in [-0.25, -0.2) is 0 Å². The van der Waals surface area contributed by atoms with Crippen molar-refractivity contribution in [3.63, 3.8) is 0 Å². The van der Waals surface area contributed by atoms with E-state index in [1.54, 1.807) is 0 Å². The minimum Gasteiger partial charge on any atom is -0.373 e. The maximum atomic E-state index is 5.74. The van der Waals surface area contributed by atoms with Gasteiger partial charge in [-0.1, -0.05) is 12.1 Å². The van der Waals surface area contributed by atoms with E-state index in [1.165, 1.54) is 0 Å². The van der Waals surface area contributed by atoms with Crippen LogP contribution in [0, 0.1) is 0 Å². The van der Waals surface area contributed by atoms with Gasteiger partial charge in [-0.3, -0.25) is 4.90 Å². The normalized spacial score (nSPS) is 27.3. The summed E-state index contributed by atoms with van der Waals surface area (Å²) < 4.78 is 11.1. The Bertz CT molecular complexity index is 370. The first kappa shape index (κ1) is 13.5. The van der Waals surface area contributed by atoms with Gasteiger partial charge >= 0.3 is 0 Å². The Kier molecular flexibility index (Phi) is 4.35. The molecule has 3 atom stereocenters. The largest absolute Gasteiger partial charge is 0.373 e. The highest BCUT2D eigenvalue weighted by atomic mass is 16.5. The van der Waals surface area contributed by atoms with Crippen LogP contribution < -0.4 is 0 Å². The van der Waals surface area contributed by atoms with Crippen LogP contribution in [0.25, 0.3) is 0 Å². The van der Waals surface area contributed by atoms with E-state index in [0.717, 1.165) is 37.6 Å². The molecule has 5 nitrogen and oxygen atoms in total. The Morgan fingerprint density at radius 2 is 2.00 bits per heavy atom. The highest BCUT2D eigenvalue weighted by molar-refractivity contribution is 4.93. The highest BCUT2D eigenvalue weighted by Gasteiger charge is 2.29. The fourth-order valence-corrected chi connectivity index (χ4v) is 2.45. The molecule has 0 spiro atoms. The lowest BCUT2D eigenvalue weighted by Gasteiger charge is -2.37. The third-order valence-corrected chi connectivity index (χ3v) is 3.31. The number of rotatable bonds is 4. The van der Waals surface area contributed by atoms with Gasteiger partial charge in [0.2, 0.25) is 5.89 Å². The fourth-order valence-electron chi connectivity index (χ4n) is 2.45. The van der Waals surface area contributed by atoms with Crippen molar-refractivity contribution in [3.8, 4) is 0 Å². The van der Waals surface area contributed by atoms with Crippen molar-refractivity contribution in [1.29, 1.82) is 0 Å². The molecular weight excluding hydrogens is 230 g/mol. The minimum atomic E-state index is 0.164. The minimum absolute atomic E-state index is 0.164. The van der Waals surface area contributed by atoms with Crippen LogP contribution in [0.4, 0.5) is 0 Å². The van der Waals surface area contributed by atoms with E-state index in [4.69, 9.17) is 9.26 Å². The average molecular weight is 253 g/mol. The Morgan fingerprint density at radius 1 is 1.33 bits per heavy atom. The fraction of sp³-hybridized carbons (Fsp3) is 0.846. The lowest BCUT2D eigenvalue weighted by Crippen LogP contribution is -2.46. The third-order valence-electron chi connectivity index (χ3n) is 3.31. The average Bonchev–Trinajstić information content (AvgIpc) is 2.76. The van der Waals surface area contributed by atoms with Crippen LogP contribution >= 0.6 is 0 Å². The van der Waals surface area contributed by atoms with Crippen LogP contribution in [0.2, 0.25) is 0 Å². The van der Waals surface area contributed by atoms with Gasteiger partial charge in [0.05, 0.1) is 18.2 Å². The van der Waals surface area contributed by atoms with E-state index in [0.29, 0.717) is 0 Å². The first-order valence-electron chi connectivity index (χ1n) is 6.82. The smallest absolute Gasteiger partial charge is 0.243 e. The van der Waals surface area contributed by atoms with Crippen LogP contribution in [-0.4, -0.2) is 40.3 Å². The zero-order valence-corrected chi connectivity index (χ0v) is 11.7. The predicted octanol–water partition coefficient (Wildman–Crippen LogP) is 2.19. The van der Waals surface area contributed by atoms with Crippen molar-refractivity contribution < 1.29 is 9.26 Å². The quantitative estimate of drug-likeness (QED) is 0.823. The van der Waals surface area contributed by atoms with Gasteiger partial charge < -0.3 is 9.26 Å². The Hall–Kier alpha value is -0.940. The molecule has 1 aromatic heterocycles. The summed E-state index contributed by atoms with van der Waals surface area (Å²) in [6, 6.07) is 0.164. The predicted molar refractivity (Wildman–Crippen MR) is 68.3 cm³/mol. The zero-order valence-electron chi connectivity index (χ0n) is 11.7. The molecule has 1 aliphatic heterocycles. The van der Waals surface area contributed by atoms with Gasteiger partial charge in [-0.05, 0) is 27.2 Å². The molecule has 18 heavy (non-hydrogen) atoms. The third kappa shape index (κ3) is 3.09. The highest BCUT2D eigenvalue weighted by Crippen LogP contribution is 2.23. The van der Waals surface area contributed by atoms with E-state index in [9.17, 15) is 0 Å². The van der Waals surface area contributed by atoms with Crippen molar-refractivity contribution in [2.75, 3.05) is 13.1 Å². The molecule has 5 heteroatoms. The second kappa shape index (κ2) is 5.80. The summed E-state index contributed by atoms with van der Waals surface area (Å²) in [6.07, 6.45) is 2.44. The van der Waals surface area contributed by atoms with Crippen molar-refractivity contribution in [1.82, 2.24) is 15.0 Å². The number of aromatic nitrogens is 2. The maximum absolute atomic E-state index is 5.74. The molecule has 0 aliphatic carbocycles. The number of hydrogen-bond acceptors (Lipinski definition) is 5. The monoisotopic (exact) mass is 253 g/mol. The van der Waals surface area contributed by atoms with E-state index < -0.39 is 0 Å². The topological polar surface area (TPSA) is 51.4 Å². The number of hydrogen-bond donors (Lipinski definition) is 0. The lowest BCUT2D eigenvalue weighted by molar-refractivity contribution is -0.0818. The summed E-state index contributed by atoms with van der Waals surface area (Å²) in [5.41, 5.74) is 0. The summed E-state index contributed by atoms with van der Waals surface area (Å²) >= 11 is 0. The van der Waals surface area contributed by atoms with Crippen LogP contribution in [-0.2, 0) is 11.2 Å². The summed E-state index contributed by atoms with van der Waals surface area (Å²) in [4.78, 5) is 6.81. The molecule has 0 radical (unpaired) electrons. The van der Waals surface area contributed by atoms with Crippen molar-refractivity contribution >= 4 is 0 Å². The molecule has 1 fully saturated rings. The van der Waals surface area contributed by atoms with Crippen LogP contribution in [0.3, 0.4) is 0 Å². The van der Waals surface area contributed by atoms with Crippen molar-refractivity contribution in [3.05, 3.63) is 11.7 Å². The number of nitrogens with zero attached hydrogens (tertiary/aromatic N) is 3. The van der Waals surface area contributed by atoms with Gasteiger partial charge in [0.15, 0.2) is 5.82 Å². The molecule has 0 amide bonds. The second-order valence-corrected chi connectivity index (χ2v) is 5.19. The van der Waals surface area contributed by atoms with Gasteiger partial charge in [-0.15, -0.1) is 0 Å². The molecule has 0 saturated carbocycles. The molecule has 0 N–H and O–H groups in total. The SMILES string of the molecule is CCCc1noc([C@H](C)N2C[C@@H](C)O[C@H](C)C2)n1. The molecule has 2 heterocycles. The zero-order chi connectivity index (χ0) is 13.1. The molecule has 2 rings (SSSR count). The maximum Gasteiger partial charge on any atom is 0.243 e. The first-order valence-corrected chi connectivity index (χ1v) is 6.82. The second-order valence-electron chi connectivity index (χ2n) is 5.19. The van der Waals surface area contributed by atoms with Gasteiger partial charge in [0.1, 0.15) is 0 Å². The molecule has 1 saturated heterocycles. The van der Waals surface area contributed by atoms with Crippen molar-refractivity contribution in [2.45, 2.75) is 58.8 Å². The standard InChI is InChI=1S/C13H23N3O2/c1-5-6-12-14-13(18-15-12)11(4)16-7-9(2)17-10(3)8-16/h9-11H,5-8H2,1-4H3/t9-,10-,11+/m1/s1. The van der Waals surface area contributed by atoms with Gasteiger partial charge in [-0.2, -0.15) is 4.98 Å². The molecule has 0 bridgehead atoms. The van der Waals surface area contributed by atoms with Crippen LogP contribution in [0.1, 0.15) is 51.9 Å². The number of ether oxygens (including phenoxy) is 1. The Balaban J connectivity index is 2.02. The molecule has 102 valence electrons.